The maximum atomic E-state index is 12.6. The molecule has 146 valence electrons. The fourth-order valence-corrected chi connectivity index (χ4v) is 5.96. The molecule has 2 aromatic carbocycles. The number of piperidine rings is 1. The average molecular weight is 377 g/mol. The van der Waals surface area contributed by atoms with Crippen molar-refractivity contribution in [3.05, 3.63) is 53.6 Å². The van der Waals surface area contributed by atoms with Gasteiger partial charge in [-0.25, -0.2) is 0 Å². The maximum absolute atomic E-state index is 12.6. The van der Waals surface area contributed by atoms with Crippen LogP contribution in [-0.2, 0) is 16.6 Å². The van der Waals surface area contributed by atoms with Gasteiger partial charge in [0, 0.05) is 29.9 Å². The second-order valence-corrected chi connectivity index (χ2v) is 8.57. The molecule has 0 aromatic heterocycles. The van der Waals surface area contributed by atoms with Crippen LogP contribution in [0.3, 0.4) is 0 Å². The van der Waals surface area contributed by atoms with Gasteiger partial charge in [0.25, 0.3) is 0 Å². The Kier molecular flexibility index (Phi) is 4.20. The minimum Gasteiger partial charge on any atom is -0.493 e. The molecule has 4 nitrogen and oxygen atoms in total. The van der Waals surface area contributed by atoms with Crippen molar-refractivity contribution in [3.8, 4) is 17.2 Å². The van der Waals surface area contributed by atoms with Gasteiger partial charge in [-0.1, -0.05) is 24.3 Å². The highest BCUT2D eigenvalue weighted by Crippen LogP contribution is 2.59. The monoisotopic (exact) mass is 377 g/mol. The Hall–Kier alpha value is -2.33. The zero-order valence-electron chi connectivity index (χ0n) is 16.6. The van der Waals surface area contributed by atoms with Crippen LogP contribution in [0.2, 0.25) is 0 Å². The molecule has 2 fully saturated rings. The minimum atomic E-state index is -0.126. The summed E-state index contributed by atoms with van der Waals surface area (Å²) < 4.78 is 12.2. The van der Waals surface area contributed by atoms with E-state index in [1.54, 1.807) is 7.11 Å². The minimum absolute atomic E-state index is 0.126. The summed E-state index contributed by atoms with van der Waals surface area (Å²) in [6, 6.07) is 14.6. The Bertz CT molecular complexity index is 910. The standard InChI is InChI=1S/C24H27NO3/c1-25-13-12-24-15-17(26)9-10-19(24)20(25)14-16-8-11-21(27-2)23(22(16)24)28-18-6-4-3-5-7-18/h3-8,11,19-20H,9-10,12-15H2,1-2H3/t19-,20-,24-/m0/s1. The lowest BCUT2D eigenvalue weighted by atomic mass is 9.52. The topological polar surface area (TPSA) is 38.8 Å². The Morgan fingerprint density at radius 3 is 2.75 bits per heavy atom. The predicted octanol–water partition coefficient (Wildman–Crippen LogP) is 4.35. The second-order valence-electron chi connectivity index (χ2n) is 8.57. The quantitative estimate of drug-likeness (QED) is 0.797. The zero-order chi connectivity index (χ0) is 19.3. The molecule has 1 heterocycles. The van der Waals surface area contributed by atoms with Gasteiger partial charge in [0.05, 0.1) is 7.11 Å². The van der Waals surface area contributed by atoms with Crippen molar-refractivity contribution in [1.29, 1.82) is 0 Å². The average Bonchev–Trinajstić information content (AvgIpc) is 2.71. The first-order chi connectivity index (χ1) is 13.6. The summed E-state index contributed by atoms with van der Waals surface area (Å²) in [5, 5.41) is 0. The van der Waals surface area contributed by atoms with E-state index in [1.807, 2.05) is 36.4 Å². The molecule has 1 aliphatic heterocycles. The highest BCUT2D eigenvalue weighted by molar-refractivity contribution is 5.82. The van der Waals surface area contributed by atoms with Gasteiger partial charge in [0.15, 0.2) is 11.5 Å². The number of methoxy groups -OCH3 is 1. The third-order valence-corrected chi connectivity index (χ3v) is 7.22. The van der Waals surface area contributed by atoms with Crippen molar-refractivity contribution >= 4 is 5.78 Å². The molecule has 0 amide bonds. The van der Waals surface area contributed by atoms with Gasteiger partial charge in [0.1, 0.15) is 11.5 Å². The van der Waals surface area contributed by atoms with E-state index in [2.05, 4.69) is 18.0 Å². The second kappa shape index (κ2) is 6.63. The van der Waals surface area contributed by atoms with Gasteiger partial charge < -0.3 is 14.4 Å². The summed E-state index contributed by atoms with van der Waals surface area (Å²) >= 11 is 0. The van der Waals surface area contributed by atoms with E-state index in [9.17, 15) is 4.79 Å². The molecule has 2 aromatic rings. The van der Waals surface area contributed by atoms with Gasteiger partial charge in [-0.3, -0.25) is 4.79 Å². The summed E-state index contributed by atoms with van der Waals surface area (Å²) in [4.78, 5) is 15.1. The molecule has 1 saturated heterocycles. The first-order valence-corrected chi connectivity index (χ1v) is 10.3. The van der Waals surface area contributed by atoms with Crippen molar-refractivity contribution < 1.29 is 14.3 Å². The molecule has 3 atom stereocenters. The van der Waals surface area contributed by atoms with E-state index in [-0.39, 0.29) is 5.41 Å². The molecule has 1 saturated carbocycles. The van der Waals surface area contributed by atoms with Crippen LogP contribution in [0.25, 0.3) is 0 Å². The van der Waals surface area contributed by atoms with Crippen LogP contribution in [0.5, 0.6) is 17.2 Å². The largest absolute Gasteiger partial charge is 0.493 e. The summed E-state index contributed by atoms with van der Waals surface area (Å²) in [5.41, 5.74) is 2.42. The molecule has 3 aliphatic rings. The summed E-state index contributed by atoms with van der Waals surface area (Å²) in [6.07, 6.45) is 4.34. The van der Waals surface area contributed by atoms with Gasteiger partial charge in [0.2, 0.25) is 0 Å². The number of hydrogen-bond acceptors (Lipinski definition) is 4. The number of ether oxygens (including phenoxy) is 2. The van der Waals surface area contributed by atoms with Gasteiger partial charge in [-0.2, -0.15) is 0 Å². The molecule has 0 N–H and O–H groups in total. The number of fused-ring (bicyclic) bond motifs is 1. The molecule has 2 aliphatic carbocycles. The summed E-state index contributed by atoms with van der Waals surface area (Å²) in [6.45, 7) is 1.02. The number of carbonyl (C=O) groups is 1. The Morgan fingerprint density at radius 2 is 1.96 bits per heavy atom. The fraction of sp³-hybridized carbons (Fsp3) is 0.458. The van der Waals surface area contributed by atoms with Crippen molar-refractivity contribution in [1.82, 2.24) is 4.90 Å². The number of para-hydroxylation sites is 1. The van der Waals surface area contributed by atoms with Gasteiger partial charge in [-0.15, -0.1) is 0 Å². The fourth-order valence-electron chi connectivity index (χ4n) is 5.96. The molecule has 5 rings (SSSR count). The highest BCUT2D eigenvalue weighted by Gasteiger charge is 2.56. The van der Waals surface area contributed by atoms with Crippen molar-refractivity contribution in [2.24, 2.45) is 5.92 Å². The summed E-state index contributed by atoms with van der Waals surface area (Å²) in [5.74, 6) is 3.27. The molecule has 0 radical (unpaired) electrons. The summed E-state index contributed by atoms with van der Waals surface area (Å²) in [7, 11) is 3.93. The van der Waals surface area contributed by atoms with Crippen LogP contribution < -0.4 is 9.47 Å². The van der Waals surface area contributed by atoms with Crippen LogP contribution in [0, 0.1) is 5.92 Å². The first kappa shape index (κ1) is 17.7. The van der Waals surface area contributed by atoms with Crippen molar-refractivity contribution in [3.63, 3.8) is 0 Å². The molecular weight excluding hydrogens is 350 g/mol. The lowest BCUT2D eigenvalue weighted by Gasteiger charge is -2.58. The normalized spacial score (nSPS) is 29.0. The van der Waals surface area contributed by atoms with Crippen molar-refractivity contribution in [2.45, 2.75) is 43.6 Å². The Labute approximate surface area is 166 Å². The number of nitrogens with zero attached hydrogens (tertiary/aromatic N) is 1. The van der Waals surface area contributed by atoms with Crippen LogP contribution in [0.15, 0.2) is 42.5 Å². The van der Waals surface area contributed by atoms with Gasteiger partial charge in [-0.05, 0) is 62.5 Å². The Balaban J connectivity index is 1.72. The third-order valence-electron chi connectivity index (χ3n) is 7.22. The van der Waals surface area contributed by atoms with E-state index >= 15 is 0 Å². The van der Waals surface area contributed by atoms with Crippen LogP contribution >= 0.6 is 0 Å². The molecule has 0 unspecified atom stereocenters. The van der Waals surface area contributed by atoms with E-state index in [1.165, 1.54) is 11.1 Å². The smallest absolute Gasteiger partial charge is 0.173 e. The van der Waals surface area contributed by atoms with Crippen LogP contribution in [0.1, 0.15) is 36.8 Å². The number of benzene rings is 2. The van der Waals surface area contributed by atoms with E-state index in [0.29, 0.717) is 30.6 Å². The zero-order valence-corrected chi connectivity index (χ0v) is 16.6. The number of Topliss-reactive ketones (excluding diaryl/α,β-unsaturated/α-hetero) is 1. The maximum Gasteiger partial charge on any atom is 0.173 e. The first-order valence-electron chi connectivity index (χ1n) is 10.3. The van der Waals surface area contributed by atoms with E-state index in [4.69, 9.17) is 9.47 Å². The molecule has 28 heavy (non-hydrogen) atoms. The number of likely N-dealkylation sites (N-methyl/N-ethyl adjacent to an activating group) is 1. The number of ketones is 1. The van der Waals surface area contributed by atoms with E-state index in [0.717, 1.165) is 43.1 Å². The highest BCUT2D eigenvalue weighted by atomic mass is 16.5. The molecule has 4 heteroatoms. The predicted molar refractivity (Wildman–Crippen MR) is 108 cm³/mol. The van der Waals surface area contributed by atoms with Gasteiger partial charge >= 0.3 is 0 Å². The number of rotatable bonds is 3. The lowest BCUT2D eigenvalue weighted by Crippen LogP contribution is -2.61. The van der Waals surface area contributed by atoms with E-state index < -0.39 is 0 Å². The van der Waals surface area contributed by atoms with Crippen LogP contribution in [-0.4, -0.2) is 37.4 Å². The SMILES string of the molecule is COc1ccc2c(c1Oc1ccccc1)[C@]13CCN(C)[C@@H](C2)[C@@H]1CCC(=O)C3. The number of carbonyl (C=O) groups excluding carboxylic acids is 1. The molecular formula is C24H27NO3. The molecule has 0 spiro atoms. The third kappa shape index (κ3) is 2.58. The van der Waals surface area contributed by atoms with Crippen LogP contribution in [0.4, 0.5) is 0 Å². The Morgan fingerprint density at radius 1 is 1.14 bits per heavy atom. The number of hydrogen-bond donors (Lipinski definition) is 0. The number of likely N-dealkylation sites (tertiary alicyclic amines) is 1. The lowest BCUT2D eigenvalue weighted by molar-refractivity contribution is -0.126. The van der Waals surface area contributed by atoms with Crippen molar-refractivity contribution in [2.75, 3.05) is 20.7 Å². The molecule has 2 bridgehead atoms.